The Morgan fingerprint density at radius 2 is 2.20 bits per heavy atom. The molecular formula is C9H9N3O2S. The van der Waals surface area contributed by atoms with E-state index in [-0.39, 0.29) is 5.75 Å². The van der Waals surface area contributed by atoms with Gasteiger partial charge in [0, 0.05) is 5.56 Å². The summed E-state index contributed by atoms with van der Waals surface area (Å²) in [6.07, 6.45) is 0. The van der Waals surface area contributed by atoms with Gasteiger partial charge in [-0.15, -0.1) is 10.2 Å². The van der Waals surface area contributed by atoms with Crippen molar-refractivity contribution in [2.45, 2.75) is 0 Å². The summed E-state index contributed by atoms with van der Waals surface area (Å²) in [7, 11) is 1.50. The standard InChI is InChI=1S/C9H9N3O2S/c1-14-7-3-2-5(4-6(7)13)8-11-12-9(10)15-8/h2-4,13H,1H3,(H2,10,12). The number of anilines is 1. The maximum atomic E-state index is 9.56. The highest BCUT2D eigenvalue weighted by molar-refractivity contribution is 7.18. The maximum Gasteiger partial charge on any atom is 0.203 e. The molecule has 2 aromatic rings. The van der Waals surface area contributed by atoms with Gasteiger partial charge in [-0.05, 0) is 18.2 Å². The van der Waals surface area contributed by atoms with Crippen molar-refractivity contribution in [1.82, 2.24) is 10.2 Å². The van der Waals surface area contributed by atoms with Crippen LogP contribution in [-0.2, 0) is 0 Å². The predicted molar refractivity (Wildman–Crippen MR) is 58.0 cm³/mol. The van der Waals surface area contributed by atoms with E-state index in [0.717, 1.165) is 5.56 Å². The van der Waals surface area contributed by atoms with Crippen molar-refractivity contribution in [2.24, 2.45) is 0 Å². The van der Waals surface area contributed by atoms with Crippen LogP contribution >= 0.6 is 11.3 Å². The first-order valence-corrected chi connectivity index (χ1v) is 4.98. The summed E-state index contributed by atoms with van der Waals surface area (Å²) < 4.78 is 4.93. The average Bonchev–Trinajstić information content (AvgIpc) is 2.65. The summed E-state index contributed by atoms with van der Waals surface area (Å²) in [5.74, 6) is 0.500. The van der Waals surface area contributed by atoms with Crippen molar-refractivity contribution in [3.63, 3.8) is 0 Å². The third kappa shape index (κ3) is 1.84. The molecule has 0 unspecified atom stereocenters. The fraction of sp³-hybridized carbons (Fsp3) is 0.111. The molecule has 1 heterocycles. The monoisotopic (exact) mass is 223 g/mol. The van der Waals surface area contributed by atoms with Crippen LogP contribution in [-0.4, -0.2) is 22.4 Å². The van der Waals surface area contributed by atoms with Crippen molar-refractivity contribution in [2.75, 3.05) is 12.8 Å². The zero-order chi connectivity index (χ0) is 10.8. The van der Waals surface area contributed by atoms with Gasteiger partial charge in [0.25, 0.3) is 0 Å². The SMILES string of the molecule is COc1ccc(-c2nnc(N)s2)cc1O. The van der Waals surface area contributed by atoms with Gasteiger partial charge >= 0.3 is 0 Å². The third-order valence-electron chi connectivity index (χ3n) is 1.87. The molecule has 0 amide bonds. The Hall–Kier alpha value is -1.82. The zero-order valence-electron chi connectivity index (χ0n) is 7.97. The van der Waals surface area contributed by atoms with E-state index >= 15 is 0 Å². The summed E-state index contributed by atoms with van der Waals surface area (Å²) in [4.78, 5) is 0. The van der Waals surface area contributed by atoms with Gasteiger partial charge in [0.15, 0.2) is 11.5 Å². The summed E-state index contributed by atoms with van der Waals surface area (Å²) in [6.45, 7) is 0. The van der Waals surface area contributed by atoms with Gasteiger partial charge in [0.1, 0.15) is 5.01 Å². The smallest absolute Gasteiger partial charge is 0.203 e. The number of methoxy groups -OCH3 is 1. The number of ether oxygens (including phenoxy) is 1. The summed E-state index contributed by atoms with van der Waals surface area (Å²) >= 11 is 1.27. The molecule has 1 aromatic carbocycles. The second-order valence-electron chi connectivity index (χ2n) is 2.83. The number of rotatable bonds is 2. The number of aromatic hydroxyl groups is 1. The van der Waals surface area contributed by atoms with Crippen LogP contribution in [0.5, 0.6) is 11.5 Å². The maximum absolute atomic E-state index is 9.56. The lowest BCUT2D eigenvalue weighted by atomic mass is 10.2. The average molecular weight is 223 g/mol. The molecule has 78 valence electrons. The van der Waals surface area contributed by atoms with Crippen LogP contribution in [0, 0.1) is 0 Å². The van der Waals surface area contributed by atoms with Crippen molar-refractivity contribution in [1.29, 1.82) is 0 Å². The van der Waals surface area contributed by atoms with Crippen LogP contribution < -0.4 is 10.5 Å². The lowest BCUT2D eigenvalue weighted by Crippen LogP contribution is -1.84. The highest BCUT2D eigenvalue weighted by Crippen LogP contribution is 2.32. The van der Waals surface area contributed by atoms with Gasteiger partial charge in [-0.25, -0.2) is 0 Å². The molecular weight excluding hydrogens is 214 g/mol. The molecule has 0 saturated carbocycles. The van der Waals surface area contributed by atoms with E-state index in [1.165, 1.54) is 18.4 Å². The van der Waals surface area contributed by atoms with E-state index in [4.69, 9.17) is 10.5 Å². The number of phenols is 1. The Kier molecular flexibility index (Phi) is 2.42. The second kappa shape index (κ2) is 3.74. The lowest BCUT2D eigenvalue weighted by molar-refractivity contribution is 0.373. The molecule has 0 radical (unpaired) electrons. The molecule has 1 aromatic heterocycles. The number of benzene rings is 1. The molecule has 0 aliphatic rings. The second-order valence-corrected chi connectivity index (χ2v) is 3.84. The van der Waals surface area contributed by atoms with Crippen LogP contribution in [0.25, 0.3) is 10.6 Å². The molecule has 0 saturated heterocycles. The Balaban J connectivity index is 2.42. The zero-order valence-corrected chi connectivity index (χ0v) is 8.78. The highest BCUT2D eigenvalue weighted by Gasteiger charge is 2.08. The van der Waals surface area contributed by atoms with Crippen LogP contribution in [0.15, 0.2) is 18.2 Å². The van der Waals surface area contributed by atoms with Crippen molar-refractivity contribution in [3.05, 3.63) is 18.2 Å². The quantitative estimate of drug-likeness (QED) is 0.806. The van der Waals surface area contributed by atoms with Gasteiger partial charge in [-0.1, -0.05) is 11.3 Å². The van der Waals surface area contributed by atoms with E-state index < -0.39 is 0 Å². The molecule has 0 aliphatic carbocycles. The molecule has 0 spiro atoms. The minimum atomic E-state index is 0.0729. The van der Waals surface area contributed by atoms with E-state index in [1.54, 1.807) is 18.2 Å². The lowest BCUT2D eigenvalue weighted by Gasteiger charge is -2.03. The Morgan fingerprint density at radius 3 is 2.73 bits per heavy atom. The normalized spacial score (nSPS) is 10.2. The molecule has 6 heteroatoms. The largest absolute Gasteiger partial charge is 0.504 e. The molecule has 15 heavy (non-hydrogen) atoms. The molecule has 2 rings (SSSR count). The molecule has 0 bridgehead atoms. The highest BCUT2D eigenvalue weighted by atomic mass is 32.1. The van der Waals surface area contributed by atoms with Crippen molar-refractivity contribution >= 4 is 16.5 Å². The van der Waals surface area contributed by atoms with E-state index in [2.05, 4.69) is 10.2 Å². The van der Waals surface area contributed by atoms with Gasteiger partial charge in [-0.2, -0.15) is 0 Å². The number of phenolic OH excluding ortho intramolecular Hbond substituents is 1. The third-order valence-corrected chi connectivity index (χ3v) is 2.67. The van der Waals surface area contributed by atoms with Crippen LogP contribution in [0.4, 0.5) is 5.13 Å². The number of hydrogen-bond acceptors (Lipinski definition) is 6. The molecule has 0 aliphatic heterocycles. The molecule has 0 atom stereocenters. The first-order chi connectivity index (χ1) is 7.20. The Labute approximate surface area is 90.1 Å². The van der Waals surface area contributed by atoms with Gasteiger partial charge in [0.2, 0.25) is 5.13 Å². The number of hydrogen-bond donors (Lipinski definition) is 2. The van der Waals surface area contributed by atoms with Crippen molar-refractivity contribution in [3.8, 4) is 22.1 Å². The van der Waals surface area contributed by atoms with Gasteiger partial charge in [0.05, 0.1) is 7.11 Å². The number of nitrogen functional groups attached to an aromatic ring is 1. The first kappa shape index (κ1) is 9.72. The summed E-state index contributed by atoms with van der Waals surface area (Å²) in [5, 5.41) is 18.2. The minimum Gasteiger partial charge on any atom is -0.504 e. The minimum absolute atomic E-state index is 0.0729. The Bertz CT molecular complexity index is 484. The van der Waals surface area contributed by atoms with Gasteiger partial charge < -0.3 is 15.6 Å². The summed E-state index contributed by atoms with van der Waals surface area (Å²) in [5.41, 5.74) is 6.23. The van der Waals surface area contributed by atoms with Crippen LogP contribution in [0.2, 0.25) is 0 Å². The fourth-order valence-corrected chi connectivity index (χ4v) is 1.78. The van der Waals surface area contributed by atoms with Crippen molar-refractivity contribution < 1.29 is 9.84 Å². The molecule has 3 N–H and O–H groups in total. The fourth-order valence-electron chi connectivity index (χ4n) is 1.17. The molecule has 0 fully saturated rings. The number of aromatic nitrogens is 2. The van der Waals surface area contributed by atoms with E-state index in [0.29, 0.717) is 15.9 Å². The van der Waals surface area contributed by atoms with Gasteiger partial charge in [-0.3, -0.25) is 0 Å². The van der Waals surface area contributed by atoms with E-state index in [1.807, 2.05) is 0 Å². The number of nitrogens with zero attached hydrogens (tertiary/aromatic N) is 2. The predicted octanol–water partition coefficient (Wildman–Crippen LogP) is 1.50. The number of nitrogens with two attached hydrogens (primary N) is 1. The molecule has 5 nitrogen and oxygen atoms in total. The first-order valence-electron chi connectivity index (χ1n) is 4.17. The van der Waals surface area contributed by atoms with Crippen LogP contribution in [0.3, 0.4) is 0 Å². The topological polar surface area (TPSA) is 81.3 Å². The van der Waals surface area contributed by atoms with E-state index in [9.17, 15) is 5.11 Å². The summed E-state index contributed by atoms with van der Waals surface area (Å²) in [6, 6.07) is 5.03. The van der Waals surface area contributed by atoms with Crippen LogP contribution in [0.1, 0.15) is 0 Å². The Morgan fingerprint density at radius 1 is 1.40 bits per heavy atom.